The van der Waals surface area contributed by atoms with Crippen LogP contribution in [0.1, 0.15) is 18.9 Å². The fraction of sp³-hybridized carbons (Fsp3) is 0.538. The van der Waals surface area contributed by atoms with Crippen molar-refractivity contribution in [2.45, 2.75) is 26.3 Å². The molecule has 1 heterocycles. The van der Waals surface area contributed by atoms with Crippen LogP contribution >= 0.6 is 0 Å². The Morgan fingerprint density at radius 2 is 2.31 bits per heavy atom. The van der Waals surface area contributed by atoms with E-state index in [1.807, 2.05) is 12.1 Å². The van der Waals surface area contributed by atoms with Gasteiger partial charge < -0.3 is 15.4 Å². The average Bonchev–Trinajstić information content (AvgIpc) is 2.29. The lowest BCUT2D eigenvalue weighted by atomic mass is 10.1. The summed E-state index contributed by atoms with van der Waals surface area (Å²) in [6, 6.07) is 6.64. The van der Waals surface area contributed by atoms with Gasteiger partial charge in [-0.1, -0.05) is 6.92 Å². The van der Waals surface area contributed by atoms with E-state index in [0.717, 1.165) is 31.9 Å². The average molecular weight is 220 g/mol. The summed E-state index contributed by atoms with van der Waals surface area (Å²) < 4.78 is 5.52. The molecule has 3 heteroatoms. The van der Waals surface area contributed by atoms with E-state index in [0.29, 0.717) is 6.04 Å². The van der Waals surface area contributed by atoms with Crippen molar-refractivity contribution in [3.63, 3.8) is 0 Å². The minimum atomic E-state index is 0.496. The van der Waals surface area contributed by atoms with Crippen molar-refractivity contribution in [2.24, 2.45) is 0 Å². The Morgan fingerprint density at radius 3 is 3.00 bits per heavy atom. The van der Waals surface area contributed by atoms with Gasteiger partial charge in [-0.3, -0.25) is 0 Å². The Morgan fingerprint density at radius 1 is 1.50 bits per heavy atom. The predicted molar refractivity (Wildman–Crippen MR) is 67.8 cm³/mol. The largest absolute Gasteiger partial charge is 0.399 e. The molecule has 2 N–H and O–H groups in total. The summed E-state index contributed by atoms with van der Waals surface area (Å²) in [5.74, 6) is 0. The molecule has 16 heavy (non-hydrogen) atoms. The zero-order chi connectivity index (χ0) is 11.5. The molecule has 0 aromatic heterocycles. The molecule has 1 fully saturated rings. The standard InChI is InChI=1S/C13H20N2O/c1-3-12-9-16-7-6-15(12)13-5-4-11(14)8-10(13)2/h4-5,8,12H,3,6-7,9,14H2,1-2H3. The molecule has 0 amide bonds. The van der Waals surface area contributed by atoms with Gasteiger partial charge in [0.1, 0.15) is 0 Å². The molecule has 1 aromatic carbocycles. The third-order valence-corrected chi connectivity index (χ3v) is 3.23. The van der Waals surface area contributed by atoms with Gasteiger partial charge >= 0.3 is 0 Å². The van der Waals surface area contributed by atoms with Crippen molar-refractivity contribution in [2.75, 3.05) is 30.4 Å². The number of nitrogens with two attached hydrogens (primary N) is 1. The minimum Gasteiger partial charge on any atom is -0.399 e. The Labute approximate surface area is 97.2 Å². The van der Waals surface area contributed by atoms with E-state index in [4.69, 9.17) is 10.5 Å². The van der Waals surface area contributed by atoms with Gasteiger partial charge in [-0.15, -0.1) is 0 Å². The summed E-state index contributed by atoms with van der Waals surface area (Å²) in [6.45, 7) is 6.96. The van der Waals surface area contributed by atoms with Crippen molar-refractivity contribution in [1.29, 1.82) is 0 Å². The lowest BCUT2D eigenvalue weighted by Crippen LogP contribution is -2.45. The number of morpholine rings is 1. The number of rotatable bonds is 2. The van der Waals surface area contributed by atoms with E-state index in [9.17, 15) is 0 Å². The van der Waals surface area contributed by atoms with Crippen molar-refractivity contribution < 1.29 is 4.74 Å². The van der Waals surface area contributed by atoms with Crippen LogP contribution in [0.25, 0.3) is 0 Å². The molecule has 1 aromatic rings. The Hall–Kier alpha value is -1.22. The summed E-state index contributed by atoms with van der Waals surface area (Å²) >= 11 is 0. The van der Waals surface area contributed by atoms with Crippen LogP contribution in [-0.2, 0) is 4.74 Å². The first-order valence-corrected chi connectivity index (χ1v) is 5.93. The second kappa shape index (κ2) is 4.74. The summed E-state index contributed by atoms with van der Waals surface area (Å²) in [5.41, 5.74) is 9.16. The van der Waals surface area contributed by atoms with Crippen LogP contribution in [0.2, 0.25) is 0 Å². The van der Waals surface area contributed by atoms with E-state index >= 15 is 0 Å². The van der Waals surface area contributed by atoms with Gasteiger partial charge in [0.25, 0.3) is 0 Å². The highest BCUT2D eigenvalue weighted by atomic mass is 16.5. The quantitative estimate of drug-likeness (QED) is 0.776. The summed E-state index contributed by atoms with van der Waals surface area (Å²) in [5, 5.41) is 0. The second-order valence-electron chi connectivity index (χ2n) is 4.38. The molecular weight excluding hydrogens is 200 g/mol. The summed E-state index contributed by atoms with van der Waals surface area (Å²) in [7, 11) is 0. The zero-order valence-electron chi connectivity index (χ0n) is 10.1. The minimum absolute atomic E-state index is 0.496. The molecule has 88 valence electrons. The lowest BCUT2D eigenvalue weighted by molar-refractivity contribution is 0.0929. The van der Waals surface area contributed by atoms with E-state index in [2.05, 4.69) is 24.8 Å². The van der Waals surface area contributed by atoms with Gasteiger partial charge in [0, 0.05) is 17.9 Å². The van der Waals surface area contributed by atoms with E-state index < -0.39 is 0 Å². The third-order valence-electron chi connectivity index (χ3n) is 3.23. The number of benzene rings is 1. The van der Waals surface area contributed by atoms with E-state index in [-0.39, 0.29) is 0 Å². The molecule has 0 bridgehead atoms. The SMILES string of the molecule is CCC1COCCN1c1ccc(N)cc1C. The van der Waals surface area contributed by atoms with Crippen molar-refractivity contribution >= 4 is 11.4 Å². The molecule has 0 radical (unpaired) electrons. The first kappa shape index (κ1) is 11.3. The molecule has 2 rings (SSSR count). The molecule has 1 atom stereocenters. The topological polar surface area (TPSA) is 38.5 Å². The molecule has 3 nitrogen and oxygen atoms in total. The predicted octanol–water partition coefficient (Wildman–Crippen LogP) is 2.19. The highest BCUT2D eigenvalue weighted by molar-refractivity contribution is 5.59. The normalized spacial score (nSPS) is 21.1. The van der Waals surface area contributed by atoms with Crippen LogP contribution in [-0.4, -0.2) is 25.8 Å². The first-order valence-electron chi connectivity index (χ1n) is 5.93. The number of ether oxygens (including phenoxy) is 1. The second-order valence-corrected chi connectivity index (χ2v) is 4.38. The van der Waals surface area contributed by atoms with Crippen LogP contribution in [0, 0.1) is 6.92 Å². The van der Waals surface area contributed by atoms with Gasteiger partial charge in [0.2, 0.25) is 0 Å². The van der Waals surface area contributed by atoms with Crippen molar-refractivity contribution in [3.05, 3.63) is 23.8 Å². The summed E-state index contributed by atoms with van der Waals surface area (Å²) in [4.78, 5) is 2.44. The van der Waals surface area contributed by atoms with Crippen LogP contribution in [0.5, 0.6) is 0 Å². The summed E-state index contributed by atoms with van der Waals surface area (Å²) in [6.07, 6.45) is 1.11. The fourth-order valence-corrected chi connectivity index (χ4v) is 2.31. The first-order chi connectivity index (χ1) is 7.72. The van der Waals surface area contributed by atoms with E-state index in [1.165, 1.54) is 11.3 Å². The number of hydrogen-bond acceptors (Lipinski definition) is 3. The van der Waals surface area contributed by atoms with Crippen LogP contribution in [0.4, 0.5) is 11.4 Å². The fourth-order valence-electron chi connectivity index (χ4n) is 2.31. The van der Waals surface area contributed by atoms with Gasteiger partial charge in [-0.25, -0.2) is 0 Å². The maximum atomic E-state index is 5.78. The molecule has 1 aliphatic rings. The molecular formula is C13H20N2O. The number of hydrogen-bond donors (Lipinski definition) is 1. The number of nitrogens with zero attached hydrogens (tertiary/aromatic N) is 1. The van der Waals surface area contributed by atoms with Crippen LogP contribution in [0.3, 0.4) is 0 Å². The number of nitrogen functional groups attached to an aromatic ring is 1. The highest BCUT2D eigenvalue weighted by Gasteiger charge is 2.22. The van der Waals surface area contributed by atoms with Gasteiger partial charge in [0.05, 0.1) is 19.3 Å². The number of anilines is 2. The van der Waals surface area contributed by atoms with Crippen molar-refractivity contribution in [3.8, 4) is 0 Å². The Kier molecular flexibility index (Phi) is 3.34. The molecule has 0 aliphatic carbocycles. The van der Waals surface area contributed by atoms with Crippen molar-refractivity contribution in [1.82, 2.24) is 0 Å². The Bertz CT molecular complexity index is 365. The molecule has 0 spiro atoms. The lowest BCUT2D eigenvalue weighted by Gasteiger charge is -2.37. The van der Waals surface area contributed by atoms with Gasteiger partial charge in [-0.05, 0) is 37.1 Å². The number of aryl methyl sites for hydroxylation is 1. The molecule has 1 saturated heterocycles. The van der Waals surface area contributed by atoms with E-state index in [1.54, 1.807) is 0 Å². The molecule has 0 saturated carbocycles. The van der Waals surface area contributed by atoms with Gasteiger partial charge in [-0.2, -0.15) is 0 Å². The monoisotopic (exact) mass is 220 g/mol. The smallest absolute Gasteiger partial charge is 0.0670 e. The van der Waals surface area contributed by atoms with Crippen LogP contribution < -0.4 is 10.6 Å². The molecule has 1 aliphatic heterocycles. The Balaban J connectivity index is 2.27. The maximum Gasteiger partial charge on any atom is 0.0670 e. The maximum absolute atomic E-state index is 5.78. The highest BCUT2D eigenvalue weighted by Crippen LogP contribution is 2.26. The van der Waals surface area contributed by atoms with Gasteiger partial charge in [0.15, 0.2) is 0 Å². The third kappa shape index (κ3) is 2.14. The van der Waals surface area contributed by atoms with Crippen LogP contribution in [0.15, 0.2) is 18.2 Å². The zero-order valence-corrected chi connectivity index (χ0v) is 10.1. The molecule has 1 unspecified atom stereocenters.